The summed E-state index contributed by atoms with van der Waals surface area (Å²) in [6, 6.07) is 2.30. The molecular formula is C11H16N2O. The fourth-order valence-corrected chi connectivity index (χ4v) is 2.14. The van der Waals surface area contributed by atoms with Gasteiger partial charge in [-0.05, 0) is 38.0 Å². The van der Waals surface area contributed by atoms with Gasteiger partial charge in [0.2, 0.25) is 0 Å². The summed E-state index contributed by atoms with van der Waals surface area (Å²) in [6.45, 7) is 5.60. The number of nitrogens with zero attached hydrogens (tertiary/aromatic N) is 1. The fourth-order valence-electron chi connectivity index (χ4n) is 2.14. The molecule has 1 N–H and O–H groups in total. The third kappa shape index (κ3) is 1.27. The van der Waals surface area contributed by atoms with E-state index in [0.717, 1.165) is 11.1 Å². The molecule has 0 spiro atoms. The lowest BCUT2D eigenvalue weighted by molar-refractivity contribution is -0.117. The maximum atomic E-state index is 11.5. The molecule has 76 valence electrons. The van der Waals surface area contributed by atoms with Gasteiger partial charge in [-0.2, -0.15) is 5.26 Å². The van der Waals surface area contributed by atoms with Crippen molar-refractivity contribution in [1.29, 1.82) is 5.26 Å². The number of hydrogen-bond acceptors (Lipinski definition) is 3. The average molecular weight is 192 g/mol. The number of Topliss-reactive ketones (excluding diaryl/α,β-unsaturated/α-hetero) is 1. The zero-order chi connectivity index (χ0) is 10.9. The van der Waals surface area contributed by atoms with Crippen molar-refractivity contribution < 1.29 is 4.79 Å². The molecule has 0 aromatic rings. The van der Waals surface area contributed by atoms with Crippen molar-refractivity contribution in [2.24, 2.45) is 5.92 Å². The average Bonchev–Trinajstić information content (AvgIpc) is 2.17. The molecule has 0 fully saturated rings. The highest BCUT2D eigenvalue weighted by Crippen LogP contribution is 2.35. The predicted octanol–water partition coefficient (Wildman–Crippen LogP) is 1.41. The van der Waals surface area contributed by atoms with Gasteiger partial charge in [-0.3, -0.25) is 10.1 Å². The van der Waals surface area contributed by atoms with Gasteiger partial charge in [-0.15, -0.1) is 0 Å². The van der Waals surface area contributed by atoms with E-state index in [4.69, 9.17) is 0 Å². The number of rotatable bonds is 1. The number of nitrogens with one attached hydrogen (secondary N) is 1. The Morgan fingerprint density at radius 1 is 1.57 bits per heavy atom. The van der Waals surface area contributed by atoms with E-state index in [9.17, 15) is 10.1 Å². The van der Waals surface area contributed by atoms with Crippen molar-refractivity contribution in [2.75, 3.05) is 7.05 Å². The Balaban J connectivity index is 3.32. The summed E-state index contributed by atoms with van der Waals surface area (Å²) in [5.41, 5.74) is 0.947. The first kappa shape index (κ1) is 10.9. The van der Waals surface area contributed by atoms with Gasteiger partial charge in [0.1, 0.15) is 5.54 Å². The number of likely N-dealkylation sites (N-methyl/N-ethyl adjacent to an activating group) is 1. The van der Waals surface area contributed by atoms with Crippen molar-refractivity contribution in [3.05, 3.63) is 11.1 Å². The van der Waals surface area contributed by atoms with Gasteiger partial charge in [0.05, 0.1) is 6.07 Å². The first-order chi connectivity index (χ1) is 6.49. The van der Waals surface area contributed by atoms with Gasteiger partial charge in [0.25, 0.3) is 0 Å². The second kappa shape index (κ2) is 3.55. The SMILES string of the molecule is CNC1(C#N)C(C)=C(C)C(=O)CC1C. The first-order valence-electron chi connectivity index (χ1n) is 4.81. The van der Waals surface area contributed by atoms with Crippen LogP contribution >= 0.6 is 0 Å². The van der Waals surface area contributed by atoms with Gasteiger partial charge < -0.3 is 0 Å². The predicted molar refractivity (Wildman–Crippen MR) is 54.6 cm³/mol. The van der Waals surface area contributed by atoms with Crippen LogP contribution < -0.4 is 5.32 Å². The molecule has 0 saturated carbocycles. The summed E-state index contributed by atoms with van der Waals surface area (Å²) in [6.07, 6.45) is 0.456. The lowest BCUT2D eigenvalue weighted by Crippen LogP contribution is -2.52. The molecule has 2 unspecified atom stereocenters. The van der Waals surface area contributed by atoms with Crippen molar-refractivity contribution in [3.63, 3.8) is 0 Å². The zero-order valence-electron chi connectivity index (χ0n) is 9.14. The van der Waals surface area contributed by atoms with Gasteiger partial charge in [-0.1, -0.05) is 6.92 Å². The van der Waals surface area contributed by atoms with Crippen LogP contribution in [0.25, 0.3) is 0 Å². The molecule has 0 heterocycles. The number of hydrogen-bond donors (Lipinski definition) is 1. The largest absolute Gasteiger partial charge is 0.299 e. The van der Waals surface area contributed by atoms with Gasteiger partial charge >= 0.3 is 0 Å². The summed E-state index contributed by atoms with van der Waals surface area (Å²) in [5.74, 6) is 0.199. The molecule has 0 saturated heterocycles. The summed E-state index contributed by atoms with van der Waals surface area (Å²) in [7, 11) is 1.77. The molecule has 2 atom stereocenters. The number of nitriles is 1. The second-order valence-electron chi connectivity index (χ2n) is 3.95. The van der Waals surface area contributed by atoms with Crippen molar-refractivity contribution in [3.8, 4) is 6.07 Å². The van der Waals surface area contributed by atoms with E-state index in [1.165, 1.54) is 0 Å². The lowest BCUT2D eigenvalue weighted by Gasteiger charge is -2.37. The molecule has 0 bridgehead atoms. The van der Waals surface area contributed by atoms with Crippen LogP contribution in [-0.2, 0) is 4.79 Å². The Hall–Kier alpha value is -1.14. The third-order valence-corrected chi connectivity index (χ3v) is 3.37. The Morgan fingerprint density at radius 2 is 2.14 bits per heavy atom. The normalized spacial score (nSPS) is 33.1. The number of ketones is 1. The molecule has 0 radical (unpaired) electrons. The standard InChI is InChI=1S/C11H16N2O/c1-7-5-10(14)8(2)9(3)11(7,6-12)13-4/h7,13H,5H2,1-4H3. The fraction of sp³-hybridized carbons (Fsp3) is 0.636. The number of allylic oxidation sites excluding steroid dienone is 1. The first-order valence-corrected chi connectivity index (χ1v) is 4.81. The smallest absolute Gasteiger partial charge is 0.159 e. The number of carbonyl (C=O) groups is 1. The maximum Gasteiger partial charge on any atom is 0.159 e. The minimum atomic E-state index is -0.655. The highest BCUT2D eigenvalue weighted by molar-refractivity contribution is 5.97. The van der Waals surface area contributed by atoms with Gasteiger partial charge in [0.15, 0.2) is 5.78 Å². The summed E-state index contributed by atoms with van der Waals surface area (Å²) < 4.78 is 0. The molecule has 0 amide bonds. The molecule has 0 aliphatic heterocycles. The molecule has 1 rings (SSSR count). The molecule has 1 aliphatic carbocycles. The lowest BCUT2D eigenvalue weighted by atomic mass is 9.71. The van der Waals surface area contributed by atoms with Crippen LogP contribution in [0.4, 0.5) is 0 Å². The van der Waals surface area contributed by atoms with Crippen LogP contribution in [0.15, 0.2) is 11.1 Å². The van der Waals surface area contributed by atoms with E-state index in [0.29, 0.717) is 6.42 Å². The minimum Gasteiger partial charge on any atom is -0.299 e. The second-order valence-corrected chi connectivity index (χ2v) is 3.95. The zero-order valence-corrected chi connectivity index (χ0v) is 9.14. The van der Waals surface area contributed by atoms with E-state index in [1.54, 1.807) is 14.0 Å². The molecule has 1 aliphatic rings. The summed E-state index contributed by atoms with van der Waals surface area (Å²) in [4.78, 5) is 11.5. The Bertz CT molecular complexity index is 338. The maximum absolute atomic E-state index is 11.5. The van der Waals surface area contributed by atoms with Gasteiger partial charge in [-0.25, -0.2) is 0 Å². The quantitative estimate of drug-likeness (QED) is 0.683. The van der Waals surface area contributed by atoms with E-state index < -0.39 is 5.54 Å². The van der Waals surface area contributed by atoms with Crippen LogP contribution in [-0.4, -0.2) is 18.4 Å². The monoisotopic (exact) mass is 192 g/mol. The van der Waals surface area contributed by atoms with Crippen molar-refractivity contribution in [1.82, 2.24) is 5.32 Å². The highest BCUT2D eigenvalue weighted by Gasteiger charge is 2.42. The minimum absolute atomic E-state index is 0.0358. The van der Waals surface area contributed by atoms with Crippen LogP contribution in [0.1, 0.15) is 27.2 Å². The van der Waals surface area contributed by atoms with Crippen molar-refractivity contribution in [2.45, 2.75) is 32.7 Å². The Morgan fingerprint density at radius 3 is 2.57 bits per heavy atom. The molecule has 3 heteroatoms. The topological polar surface area (TPSA) is 52.9 Å². The molecule has 0 aromatic carbocycles. The van der Waals surface area contributed by atoms with Crippen LogP contribution in [0, 0.1) is 17.2 Å². The molecular weight excluding hydrogens is 176 g/mol. The van der Waals surface area contributed by atoms with Gasteiger partial charge in [0, 0.05) is 6.42 Å². The Kier molecular flexibility index (Phi) is 2.77. The van der Waals surface area contributed by atoms with Crippen LogP contribution in [0.2, 0.25) is 0 Å². The highest BCUT2D eigenvalue weighted by atomic mass is 16.1. The van der Waals surface area contributed by atoms with Crippen molar-refractivity contribution >= 4 is 5.78 Å². The summed E-state index contributed by atoms with van der Waals surface area (Å²) >= 11 is 0. The van der Waals surface area contributed by atoms with E-state index in [-0.39, 0.29) is 11.7 Å². The molecule has 14 heavy (non-hydrogen) atoms. The van der Waals surface area contributed by atoms with E-state index in [1.807, 2.05) is 13.8 Å². The summed E-state index contributed by atoms with van der Waals surface area (Å²) in [5, 5.41) is 12.3. The third-order valence-electron chi connectivity index (χ3n) is 3.37. The molecule has 0 aromatic heterocycles. The number of carbonyl (C=O) groups excluding carboxylic acids is 1. The van der Waals surface area contributed by atoms with Crippen LogP contribution in [0.5, 0.6) is 0 Å². The molecule has 3 nitrogen and oxygen atoms in total. The van der Waals surface area contributed by atoms with E-state index in [2.05, 4.69) is 11.4 Å². The van der Waals surface area contributed by atoms with Crippen LogP contribution in [0.3, 0.4) is 0 Å². The Labute approximate surface area is 84.8 Å². The van der Waals surface area contributed by atoms with E-state index >= 15 is 0 Å².